The van der Waals surface area contributed by atoms with E-state index in [0.29, 0.717) is 0 Å². The molecular formula is C9H17N3O. The zero-order valence-electron chi connectivity index (χ0n) is 8.44. The van der Waals surface area contributed by atoms with Gasteiger partial charge in [0.2, 0.25) is 0 Å². The van der Waals surface area contributed by atoms with E-state index in [1.165, 1.54) is 0 Å². The molecule has 4 nitrogen and oxygen atoms in total. The second-order valence-corrected chi connectivity index (χ2v) is 3.37. The molecule has 0 amide bonds. The Morgan fingerprint density at radius 2 is 2.31 bits per heavy atom. The SMILES string of the molecule is CC1=NCCN1C=N[C@H](C)C(C)O. The van der Waals surface area contributed by atoms with E-state index in [9.17, 15) is 5.11 Å². The highest BCUT2D eigenvalue weighted by Gasteiger charge is 2.11. The Morgan fingerprint density at radius 3 is 2.77 bits per heavy atom. The fraction of sp³-hybridized carbons (Fsp3) is 0.778. The molecule has 0 fully saturated rings. The van der Waals surface area contributed by atoms with Crippen molar-refractivity contribution >= 4 is 12.2 Å². The maximum absolute atomic E-state index is 9.20. The van der Waals surface area contributed by atoms with Gasteiger partial charge in [0.25, 0.3) is 0 Å². The highest BCUT2D eigenvalue weighted by Crippen LogP contribution is 2.00. The van der Waals surface area contributed by atoms with E-state index < -0.39 is 6.10 Å². The van der Waals surface area contributed by atoms with E-state index >= 15 is 0 Å². The van der Waals surface area contributed by atoms with Crippen LogP contribution >= 0.6 is 0 Å². The fourth-order valence-corrected chi connectivity index (χ4v) is 1.02. The number of aliphatic imine (C=N–C) groups is 2. The van der Waals surface area contributed by atoms with Crippen molar-refractivity contribution in [3.05, 3.63) is 0 Å². The van der Waals surface area contributed by atoms with Crippen molar-refractivity contribution < 1.29 is 5.11 Å². The normalized spacial score (nSPS) is 22.2. The summed E-state index contributed by atoms with van der Waals surface area (Å²) in [6, 6.07) is -0.0478. The van der Waals surface area contributed by atoms with Crippen LogP contribution in [0.15, 0.2) is 9.98 Å². The van der Waals surface area contributed by atoms with Gasteiger partial charge in [-0.25, -0.2) is 0 Å². The summed E-state index contributed by atoms with van der Waals surface area (Å²) in [4.78, 5) is 10.5. The van der Waals surface area contributed by atoms with Crippen LogP contribution in [-0.4, -0.2) is 47.4 Å². The van der Waals surface area contributed by atoms with Gasteiger partial charge in [-0.1, -0.05) is 0 Å². The fourth-order valence-electron chi connectivity index (χ4n) is 1.02. The first kappa shape index (κ1) is 10.2. The molecule has 1 rings (SSSR count). The van der Waals surface area contributed by atoms with Crippen molar-refractivity contribution in [1.82, 2.24) is 4.90 Å². The molecule has 1 aliphatic rings. The molecule has 1 aliphatic heterocycles. The number of amidine groups is 1. The summed E-state index contributed by atoms with van der Waals surface area (Å²) in [6.45, 7) is 7.35. The van der Waals surface area contributed by atoms with E-state index in [-0.39, 0.29) is 6.04 Å². The van der Waals surface area contributed by atoms with Gasteiger partial charge >= 0.3 is 0 Å². The highest BCUT2D eigenvalue weighted by molar-refractivity contribution is 5.91. The standard InChI is InChI=1S/C9H17N3O/c1-7(8(2)13)11-6-12-5-4-10-9(12)3/h6-8,13H,4-5H2,1-3H3/t7-,8?/m1/s1. The number of rotatable bonds is 3. The van der Waals surface area contributed by atoms with Gasteiger partial charge in [-0.05, 0) is 20.8 Å². The third-order valence-corrected chi connectivity index (χ3v) is 2.24. The zero-order chi connectivity index (χ0) is 9.84. The first-order valence-electron chi connectivity index (χ1n) is 4.60. The summed E-state index contributed by atoms with van der Waals surface area (Å²) < 4.78 is 0. The van der Waals surface area contributed by atoms with Crippen LogP contribution in [0.25, 0.3) is 0 Å². The highest BCUT2D eigenvalue weighted by atomic mass is 16.3. The van der Waals surface area contributed by atoms with Crippen LogP contribution in [0, 0.1) is 0 Å². The van der Waals surface area contributed by atoms with Crippen LogP contribution in [0.4, 0.5) is 0 Å². The second-order valence-electron chi connectivity index (χ2n) is 3.37. The number of nitrogens with zero attached hydrogens (tertiary/aromatic N) is 3. The van der Waals surface area contributed by atoms with Gasteiger partial charge in [0.1, 0.15) is 5.84 Å². The molecule has 4 heteroatoms. The summed E-state index contributed by atoms with van der Waals surface area (Å²) in [5, 5.41) is 9.20. The van der Waals surface area contributed by atoms with Crippen molar-refractivity contribution in [1.29, 1.82) is 0 Å². The second kappa shape index (κ2) is 4.37. The molecule has 74 valence electrons. The largest absolute Gasteiger partial charge is 0.391 e. The van der Waals surface area contributed by atoms with Gasteiger partial charge in [0, 0.05) is 6.54 Å². The van der Waals surface area contributed by atoms with Gasteiger partial charge in [-0.3, -0.25) is 9.98 Å². The first-order chi connectivity index (χ1) is 6.11. The molecule has 1 unspecified atom stereocenters. The van der Waals surface area contributed by atoms with Gasteiger partial charge in [-0.15, -0.1) is 0 Å². The lowest BCUT2D eigenvalue weighted by Crippen LogP contribution is -2.26. The molecule has 13 heavy (non-hydrogen) atoms. The van der Waals surface area contributed by atoms with E-state index in [1.54, 1.807) is 13.3 Å². The third-order valence-electron chi connectivity index (χ3n) is 2.24. The quantitative estimate of drug-likeness (QED) is 0.512. The van der Waals surface area contributed by atoms with Crippen molar-refractivity contribution in [3.63, 3.8) is 0 Å². The molecule has 0 aromatic heterocycles. The number of aliphatic hydroxyl groups is 1. The Morgan fingerprint density at radius 1 is 1.62 bits per heavy atom. The van der Waals surface area contributed by atoms with Crippen molar-refractivity contribution in [2.45, 2.75) is 32.9 Å². The lowest BCUT2D eigenvalue weighted by Gasteiger charge is -2.14. The van der Waals surface area contributed by atoms with Crippen molar-refractivity contribution in [3.8, 4) is 0 Å². The van der Waals surface area contributed by atoms with E-state index in [2.05, 4.69) is 9.98 Å². The Kier molecular flexibility index (Phi) is 3.42. The van der Waals surface area contributed by atoms with Crippen LogP contribution in [0.3, 0.4) is 0 Å². The molecule has 1 heterocycles. The average molecular weight is 183 g/mol. The molecule has 0 aliphatic carbocycles. The predicted molar refractivity (Wildman–Crippen MR) is 54.3 cm³/mol. The Hall–Kier alpha value is -0.900. The van der Waals surface area contributed by atoms with E-state index in [0.717, 1.165) is 18.9 Å². The monoisotopic (exact) mass is 183 g/mol. The molecule has 0 aromatic rings. The van der Waals surface area contributed by atoms with Crippen LogP contribution in [0.1, 0.15) is 20.8 Å². The minimum Gasteiger partial charge on any atom is -0.391 e. The van der Waals surface area contributed by atoms with Crippen LogP contribution < -0.4 is 0 Å². The maximum Gasteiger partial charge on any atom is 0.101 e. The molecule has 2 atom stereocenters. The lowest BCUT2D eigenvalue weighted by molar-refractivity contribution is 0.171. The first-order valence-corrected chi connectivity index (χ1v) is 4.60. The van der Waals surface area contributed by atoms with Gasteiger partial charge < -0.3 is 10.0 Å². The molecule has 0 saturated carbocycles. The van der Waals surface area contributed by atoms with Crippen LogP contribution in [0.2, 0.25) is 0 Å². The van der Waals surface area contributed by atoms with E-state index in [4.69, 9.17) is 0 Å². The number of aliphatic hydroxyl groups excluding tert-OH is 1. The molecule has 1 N–H and O–H groups in total. The average Bonchev–Trinajstić information content (AvgIpc) is 2.47. The van der Waals surface area contributed by atoms with Gasteiger partial charge in [0.15, 0.2) is 0 Å². The third kappa shape index (κ3) is 2.81. The summed E-state index contributed by atoms with van der Waals surface area (Å²) >= 11 is 0. The molecular weight excluding hydrogens is 166 g/mol. The van der Waals surface area contributed by atoms with Crippen LogP contribution in [-0.2, 0) is 0 Å². The van der Waals surface area contributed by atoms with Crippen molar-refractivity contribution in [2.75, 3.05) is 13.1 Å². The molecule has 0 saturated heterocycles. The molecule has 0 radical (unpaired) electrons. The maximum atomic E-state index is 9.20. The summed E-state index contributed by atoms with van der Waals surface area (Å²) in [6.07, 6.45) is 1.37. The van der Waals surface area contributed by atoms with Gasteiger partial charge in [-0.2, -0.15) is 0 Å². The summed E-state index contributed by atoms with van der Waals surface area (Å²) in [7, 11) is 0. The lowest BCUT2D eigenvalue weighted by atomic mass is 10.2. The topological polar surface area (TPSA) is 48.2 Å². The van der Waals surface area contributed by atoms with Crippen molar-refractivity contribution in [2.24, 2.45) is 9.98 Å². The minimum atomic E-state index is -0.393. The molecule has 0 spiro atoms. The summed E-state index contributed by atoms with van der Waals surface area (Å²) in [5.41, 5.74) is 0. The Bertz CT molecular complexity index is 223. The minimum absolute atomic E-state index is 0.0478. The zero-order valence-corrected chi connectivity index (χ0v) is 8.44. The van der Waals surface area contributed by atoms with Crippen LogP contribution in [0.5, 0.6) is 0 Å². The van der Waals surface area contributed by atoms with E-state index in [1.807, 2.05) is 18.7 Å². The van der Waals surface area contributed by atoms with Gasteiger partial charge in [0.05, 0.1) is 25.0 Å². The predicted octanol–water partition coefficient (Wildman–Crippen LogP) is 0.518. The summed E-state index contributed by atoms with van der Waals surface area (Å²) in [5.74, 6) is 1.00. The molecule has 0 aromatic carbocycles. The Balaban J connectivity index is 2.44. The number of hydrogen-bond donors (Lipinski definition) is 1. The smallest absolute Gasteiger partial charge is 0.101 e. The number of hydrogen-bond acceptors (Lipinski definition) is 3. The Labute approximate surface area is 79.0 Å². The molecule has 0 bridgehead atoms.